The highest BCUT2D eigenvalue weighted by Crippen LogP contribution is 2.25. The lowest BCUT2D eigenvalue weighted by Crippen LogP contribution is -2.29. The number of benzene rings is 2. The maximum atomic E-state index is 12.1. The Morgan fingerprint density at radius 1 is 0.857 bits per heavy atom. The van der Waals surface area contributed by atoms with Crippen LogP contribution in [0.2, 0.25) is 0 Å². The fourth-order valence-electron chi connectivity index (χ4n) is 2.89. The molecule has 2 aromatic carbocycles. The average molecular weight is 383 g/mol. The third-order valence-electron chi connectivity index (χ3n) is 4.63. The molecule has 6 heteroatoms. The first-order valence-corrected chi connectivity index (χ1v) is 9.26. The Morgan fingerprint density at radius 2 is 1.46 bits per heavy atom. The standard InChI is InChI=1S/C22H25NO5/c1-15(22(27)28)7-12-19(23-20(24)13-14-21(25)26)18-10-8-17(9-11-18)16-5-3-2-4-6-16/h2-6,8-11,15,19H,7,12-14H2,1H3,(H,23,24)(H,25,26)(H,27,28). The minimum Gasteiger partial charge on any atom is -0.481 e. The van der Waals surface area contributed by atoms with Gasteiger partial charge in [0, 0.05) is 6.42 Å². The van der Waals surface area contributed by atoms with E-state index in [0.717, 1.165) is 16.7 Å². The SMILES string of the molecule is CC(CCC(NC(=O)CCC(=O)O)c1ccc(-c2ccccc2)cc1)C(=O)O. The van der Waals surface area contributed by atoms with Gasteiger partial charge in [-0.15, -0.1) is 0 Å². The van der Waals surface area contributed by atoms with Crippen LogP contribution in [-0.4, -0.2) is 28.1 Å². The molecular weight excluding hydrogens is 358 g/mol. The summed E-state index contributed by atoms with van der Waals surface area (Å²) in [4.78, 5) is 33.9. The monoisotopic (exact) mass is 383 g/mol. The maximum Gasteiger partial charge on any atom is 0.306 e. The minimum atomic E-state index is -1.03. The van der Waals surface area contributed by atoms with Crippen molar-refractivity contribution in [3.8, 4) is 11.1 Å². The molecule has 6 nitrogen and oxygen atoms in total. The Bertz CT molecular complexity index is 801. The zero-order valence-electron chi connectivity index (χ0n) is 15.8. The lowest BCUT2D eigenvalue weighted by atomic mass is 9.95. The van der Waals surface area contributed by atoms with Crippen LogP contribution in [0.1, 0.15) is 44.2 Å². The molecular formula is C22H25NO5. The molecule has 0 bridgehead atoms. The molecule has 0 fully saturated rings. The summed E-state index contributed by atoms with van der Waals surface area (Å²) in [6.07, 6.45) is 0.510. The van der Waals surface area contributed by atoms with Crippen LogP contribution in [0.15, 0.2) is 54.6 Å². The van der Waals surface area contributed by atoms with Gasteiger partial charge >= 0.3 is 11.9 Å². The summed E-state index contributed by atoms with van der Waals surface area (Å²) >= 11 is 0. The highest BCUT2D eigenvalue weighted by atomic mass is 16.4. The molecule has 3 N–H and O–H groups in total. The van der Waals surface area contributed by atoms with Gasteiger partial charge in [0.05, 0.1) is 18.4 Å². The van der Waals surface area contributed by atoms with Gasteiger partial charge < -0.3 is 15.5 Å². The summed E-state index contributed by atoms with van der Waals surface area (Å²) in [5, 5.41) is 20.7. The Labute approximate surface area is 164 Å². The fraction of sp³-hybridized carbons (Fsp3) is 0.318. The Morgan fingerprint density at radius 3 is 2.04 bits per heavy atom. The van der Waals surface area contributed by atoms with Crippen molar-refractivity contribution < 1.29 is 24.6 Å². The smallest absolute Gasteiger partial charge is 0.306 e. The van der Waals surface area contributed by atoms with Gasteiger partial charge in [-0.25, -0.2) is 0 Å². The van der Waals surface area contributed by atoms with Crippen LogP contribution in [-0.2, 0) is 14.4 Å². The third kappa shape index (κ3) is 6.54. The molecule has 0 heterocycles. The van der Waals surface area contributed by atoms with E-state index in [1.165, 1.54) is 0 Å². The molecule has 0 aliphatic rings. The Hall–Kier alpha value is -3.15. The van der Waals surface area contributed by atoms with Crippen LogP contribution in [0.25, 0.3) is 11.1 Å². The third-order valence-corrected chi connectivity index (χ3v) is 4.63. The van der Waals surface area contributed by atoms with E-state index in [-0.39, 0.29) is 24.8 Å². The van der Waals surface area contributed by atoms with Crippen molar-refractivity contribution in [2.24, 2.45) is 5.92 Å². The molecule has 2 aromatic rings. The molecule has 0 aromatic heterocycles. The zero-order chi connectivity index (χ0) is 20.5. The summed E-state index contributed by atoms with van der Waals surface area (Å²) < 4.78 is 0. The van der Waals surface area contributed by atoms with Crippen molar-refractivity contribution in [1.82, 2.24) is 5.32 Å². The second-order valence-corrected chi connectivity index (χ2v) is 6.82. The Balaban J connectivity index is 2.13. The average Bonchev–Trinajstić information content (AvgIpc) is 2.70. The van der Waals surface area contributed by atoms with Gasteiger partial charge in [-0.05, 0) is 29.5 Å². The van der Waals surface area contributed by atoms with Crippen molar-refractivity contribution in [2.45, 2.75) is 38.6 Å². The molecule has 0 radical (unpaired) electrons. The predicted molar refractivity (Wildman–Crippen MR) is 106 cm³/mol. The predicted octanol–water partition coefficient (Wildman–Crippen LogP) is 3.88. The molecule has 0 aliphatic heterocycles. The number of carboxylic acid groups (broad SMARTS) is 2. The molecule has 28 heavy (non-hydrogen) atoms. The normalized spacial score (nSPS) is 12.8. The van der Waals surface area contributed by atoms with E-state index in [4.69, 9.17) is 10.2 Å². The van der Waals surface area contributed by atoms with Crippen molar-refractivity contribution in [1.29, 1.82) is 0 Å². The lowest BCUT2D eigenvalue weighted by Gasteiger charge is -2.20. The van der Waals surface area contributed by atoms with Crippen molar-refractivity contribution >= 4 is 17.8 Å². The minimum absolute atomic E-state index is 0.109. The number of carboxylic acids is 2. The first-order valence-electron chi connectivity index (χ1n) is 9.26. The number of aliphatic carboxylic acids is 2. The van der Waals surface area contributed by atoms with Gasteiger partial charge in [0.15, 0.2) is 0 Å². The van der Waals surface area contributed by atoms with Crippen molar-refractivity contribution in [3.05, 3.63) is 60.2 Å². The number of hydrogen-bond acceptors (Lipinski definition) is 3. The number of amides is 1. The maximum absolute atomic E-state index is 12.1. The molecule has 2 rings (SSSR count). The van der Waals surface area contributed by atoms with Crippen LogP contribution >= 0.6 is 0 Å². The number of rotatable bonds is 10. The number of carbonyl (C=O) groups excluding carboxylic acids is 1. The highest BCUT2D eigenvalue weighted by Gasteiger charge is 2.19. The molecule has 0 saturated carbocycles. The quantitative estimate of drug-likeness (QED) is 0.578. The van der Waals surface area contributed by atoms with Crippen molar-refractivity contribution in [3.63, 3.8) is 0 Å². The molecule has 0 aliphatic carbocycles. The second-order valence-electron chi connectivity index (χ2n) is 6.82. The molecule has 148 valence electrons. The molecule has 2 unspecified atom stereocenters. The van der Waals surface area contributed by atoms with Crippen LogP contribution < -0.4 is 5.32 Å². The first kappa shape index (κ1) is 21.2. The lowest BCUT2D eigenvalue weighted by molar-refractivity contribution is -0.141. The topological polar surface area (TPSA) is 104 Å². The van der Waals surface area contributed by atoms with Crippen LogP contribution in [0.5, 0.6) is 0 Å². The second kappa shape index (κ2) is 10.3. The molecule has 1 amide bonds. The van der Waals surface area contributed by atoms with E-state index in [1.807, 2.05) is 54.6 Å². The van der Waals surface area contributed by atoms with E-state index in [9.17, 15) is 14.4 Å². The highest BCUT2D eigenvalue weighted by molar-refractivity contribution is 5.81. The van der Waals surface area contributed by atoms with Gasteiger partial charge in [0.25, 0.3) is 0 Å². The zero-order valence-corrected chi connectivity index (χ0v) is 15.8. The summed E-state index contributed by atoms with van der Waals surface area (Å²) in [5.41, 5.74) is 2.98. The summed E-state index contributed by atoms with van der Waals surface area (Å²) in [6.45, 7) is 1.63. The van der Waals surface area contributed by atoms with Gasteiger partial charge in [-0.3, -0.25) is 14.4 Å². The van der Waals surface area contributed by atoms with E-state index >= 15 is 0 Å². The van der Waals surface area contributed by atoms with Crippen LogP contribution in [0, 0.1) is 5.92 Å². The van der Waals surface area contributed by atoms with Crippen LogP contribution in [0.4, 0.5) is 0 Å². The summed E-state index contributed by atoms with van der Waals surface area (Å²) in [6, 6.07) is 17.3. The largest absolute Gasteiger partial charge is 0.481 e. The fourth-order valence-corrected chi connectivity index (χ4v) is 2.89. The van der Waals surface area contributed by atoms with Crippen LogP contribution in [0.3, 0.4) is 0 Å². The van der Waals surface area contributed by atoms with Gasteiger partial charge in [-0.1, -0.05) is 61.5 Å². The molecule has 0 spiro atoms. The first-order chi connectivity index (χ1) is 13.4. The van der Waals surface area contributed by atoms with E-state index in [0.29, 0.717) is 12.8 Å². The Kier molecular flexibility index (Phi) is 7.75. The van der Waals surface area contributed by atoms with E-state index < -0.39 is 17.9 Å². The summed E-state index contributed by atoms with van der Waals surface area (Å²) in [7, 11) is 0. The number of nitrogens with one attached hydrogen (secondary N) is 1. The molecule has 0 saturated heterocycles. The summed E-state index contributed by atoms with van der Waals surface area (Å²) in [5.74, 6) is -2.79. The van der Waals surface area contributed by atoms with Gasteiger partial charge in [0.2, 0.25) is 5.91 Å². The van der Waals surface area contributed by atoms with Gasteiger partial charge in [-0.2, -0.15) is 0 Å². The van der Waals surface area contributed by atoms with E-state index in [2.05, 4.69) is 5.32 Å². The van der Waals surface area contributed by atoms with Crippen molar-refractivity contribution in [2.75, 3.05) is 0 Å². The molecule has 2 atom stereocenters. The van der Waals surface area contributed by atoms with Gasteiger partial charge in [0.1, 0.15) is 0 Å². The van der Waals surface area contributed by atoms with E-state index in [1.54, 1.807) is 6.92 Å². The number of hydrogen-bond donors (Lipinski definition) is 3. The number of carbonyl (C=O) groups is 3.